The highest BCUT2D eigenvalue weighted by atomic mass is 35.5. The molecule has 2 amide bonds. The maximum atomic E-state index is 12.6. The molecular weight excluding hydrogens is 364 g/mol. The number of hydrogen-bond acceptors (Lipinski definition) is 3. The van der Waals surface area contributed by atoms with E-state index in [-0.39, 0.29) is 24.8 Å². The summed E-state index contributed by atoms with van der Waals surface area (Å²) in [6.45, 7) is 9.07. The molecule has 6 nitrogen and oxygen atoms in total. The number of carbonyl (C=O) groups excluding carboxylic acids is 2. The number of benzene rings is 1. The number of aryl methyl sites for hydroxylation is 1. The van der Waals surface area contributed by atoms with Crippen molar-refractivity contribution < 1.29 is 9.59 Å². The van der Waals surface area contributed by atoms with Crippen LogP contribution in [0.5, 0.6) is 0 Å². The molecule has 0 aliphatic heterocycles. The van der Waals surface area contributed by atoms with Crippen LogP contribution in [-0.2, 0) is 16.0 Å². The molecule has 0 radical (unpaired) electrons. The minimum atomic E-state index is -0.0997. The Morgan fingerprint density at radius 1 is 1.07 bits per heavy atom. The maximum absolute atomic E-state index is 12.6. The first kappa shape index (κ1) is 21.0. The van der Waals surface area contributed by atoms with E-state index in [9.17, 15) is 9.59 Å². The van der Waals surface area contributed by atoms with Gasteiger partial charge in [-0.3, -0.25) is 9.59 Å². The molecule has 1 aromatic carbocycles. The van der Waals surface area contributed by atoms with Gasteiger partial charge in [0.25, 0.3) is 0 Å². The van der Waals surface area contributed by atoms with Gasteiger partial charge in [-0.2, -0.15) is 5.10 Å². The van der Waals surface area contributed by atoms with Crippen molar-refractivity contribution >= 4 is 23.4 Å². The van der Waals surface area contributed by atoms with Gasteiger partial charge in [0.1, 0.15) is 0 Å². The number of hydrogen-bond donors (Lipinski definition) is 0. The van der Waals surface area contributed by atoms with E-state index in [1.807, 2.05) is 56.6 Å². The molecule has 2 aromatic rings. The summed E-state index contributed by atoms with van der Waals surface area (Å²) < 4.78 is 1.81. The highest BCUT2D eigenvalue weighted by molar-refractivity contribution is 6.30. The van der Waals surface area contributed by atoms with Crippen LogP contribution in [0.15, 0.2) is 24.3 Å². The minimum Gasteiger partial charge on any atom is -0.342 e. The average Bonchev–Trinajstić information content (AvgIpc) is 2.91. The summed E-state index contributed by atoms with van der Waals surface area (Å²) in [6, 6.07) is 7.40. The summed E-state index contributed by atoms with van der Waals surface area (Å²) in [7, 11) is 1.66. The molecule has 7 heteroatoms. The zero-order valence-corrected chi connectivity index (χ0v) is 17.4. The molecular formula is C20H27ClN4O2. The number of halogens is 1. The highest BCUT2D eigenvalue weighted by Gasteiger charge is 2.20. The lowest BCUT2D eigenvalue weighted by molar-refractivity contribution is -0.138. The van der Waals surface area contributed by atoms with Gasteiger partial charge >= 0.3 is 0 Å². The van der Waals surface area contributed by atoms with Gasteiger partial charge in [-0.05, 0) is 52.0 Å². The van der Waals surface area contributed by atoms with Gasteiger partial charge in [0.05, 0.1) is 24.3 Å². The molecule has 27 heavy (non-hydrogen) atoms. The summed E-state index contributed by atoms with van der Waals surface area (Å²) in [5.41, 5.74) is 3.49. The third-order valence-corrected chi connectivity index (χ3v) is 5.01. The van der Waals surface area contributed by atoms with Crippen LogP contribution < -0.4 is 0 Å². The van der Waals surface area contributed by atoms with Gasteiger partial charge in [-0.1, -0.05) is 11.6 Å². The van der Waals surface area contributed by atoms with Crippen LogP contribution >= 0.6 is 11.6 Å². The summed E-state index contributed by atoms with van der Waals surface area (Å²) in [5.74, 6) is -0.140. The molecule has 146 valence electrons. The molecule has 0 aliphatic carbocycles. The fraction of sp³-hybridized carbons (Fsp3) is 0.450. The third-order valence-electron chi connectivity index (χ3n) is 4.75. The first-order valence-corrected chi connectivity index (χ1v) is 9.49. The normalized spacial score (nSPS) is 10.7. The standard InChI is InChI=1S/C20H27ClN4O2/c1-6-24(7-2)20(27)13-23(5)19(26)12-18-14(3)22-25(15(18)4)17-10-8-16(21)9-11-17/h8-11H,6-7,12-13H2,1-5H3. The number of carbonyl (C=O) groups is 2. The Morgan fingerprint density at radius 2 is 1.67 bits per heavy atom. The van der Waals surface area contributed by atoms with Crippen molar-refractivity contribution in [2.24, 2.45) is 0 Å². The fourth-order valence-corrected chi connectivity index (χ4v) is 3.14. The van der Waals surface area contributed by atoms with Gasteiger partial charge in [-0.25, -0.2) is 4.68 Å². The molecule has 0 saturated carbocycles. The van der Waals surface area contributed by atoms with Gasteiger partial charge in [0.15, 0.2) is 0 Å². The van der Waals surface area contributed by atoms with Crippen LogP contribution in [0.3, 0.4) is 0 Å². The SMILES string of the molecule is CCN(CC)C(=O)CN(C)C(=O)Cc1c(C)nn(-c2ccc(Cl)cc2)c1C. The van der Waals surface area contributed by atoms with E-state index in [2.05, 4.69) is 5.10 Å². The van der Waals surface area contributed by atoms with E-state index >= 15 is 0 Å². The van der Waals surface area contributed by atoms with Gasteiger partial charge in [0.2, 0.25) is 11.8 Å². The lowest BCUT2D eigenvalue weighted by atomic mass is 10.1. The Morgan fingerprint density at radius 3 is 2.22 bits per heavy atom. The molecule has 0 bridgehead atoms. The highest BCUT2D eigenvalue weighted by Crippen LogP contribution is 2.20. The van der Waals surface area contributed by atoms with Crippen molar-refractivity contribution in [3.05, 3.63) is 46.2 Å². The lowest BCUT2D eigenvalue weighted by Gasteiger charge is -2.23. The predicted molar refractivity (Wildman–Crippen MR) is 107 cm³/mol. The number of amides is 2. The quantitative estimate of drug-likeness (QED) is 0.730. The Bertz CT molecular complexity index is 810. The van der Waals surface area contributed by atoms with E-state index in [4.69, 9.17) is 11.6 Å². The number of likely N-dealkylation sites (N-methyl/N-ethyl adjacent to an activating group) is 2. The van der Waals surface area contributed by atoms with E-state index < -0.39 is 0 Å². The van der Waals surface area contributed by atoms with E-state index in [1.54, 1.807) is 11.9 Å². The predicted octanol–water partition coefficient (Wildman–Crippen LogP) is 3.01. The number of nitrogens with zero attached hydrogens (tertiary/aromatic N) is 4. The van der Waals surface area contributed by atoms with E-state index in [0.717, 1.165) is 22.6 Å². The summed E-state index contributed by atoms with van der Waals surface area (Å²) in [5, 5.41) is 5.23. The first-order chi connectivity index (χ1) is 12.8. The molecule has 1 heterocycles. The first-order valence-electron chi connectivity index (χ1n) is 9.11. The third kappa shape index (κ3) is 4.89. The van der Waals surface area contributed by atoms with Crippen molar-refractivity contribution in [2.75, 3.05) is 26.7 Å². The maximum Gasteiger partial charge on any atom is 0.242 e. The second kappa shape index (κ2) is 9.04. The molecule has 0 fully saturated rings. The van der Waals surface area contributed by atoms with Crippen molar-refractivity contribution in [1.82, 2.24) is 19.6 Å². The summed E-state index contributed by atoms with van der Waals surface area (Å²) >= 11 is 5.95. The Labute approximate surface area is 165 Å². The molecule has 0 aliphatic rings. The fourth-order valence-electron chi connectivity index (χ4n) is 3.02. The molecule has 2 rings (SSSR count). The molecule has 0 atom stereocenters. The van der Waals surface area contributed by atoms with Crippen molar-refractivity contribution in [1.29, 1.82) is 0 Å². The van der Waals surface area contributed by atoms with Crippen LogP contribution in [0.2, 0.25) is 5.02 Å². The monoisotopic (exact) mass is 390 g/mol. The Kier molecular flexibility index (Phi) is 7.02. The Balaban J connectivity index is 2.14. The largest absolute Gasteiger partial charge is 0.342 e. The van der Waals surface area contributed by atoms with E-state index in [1.165, 1.54) is 4.90 Å². The van der Waals surface area contributed by atoms with Gasteiger partial charge in [0, 0.05) is 36.4 Å². The molecule has 0 N–H and O–H groups in total. The second-order valence-corrected chi connectivity index (χ2v) is 6.97. The van der Waals surface area contributed by atoms with Crippen LogP contribution in [-0.4, -0.2) is 58.1 Å². The van der Waals surface area contributed by atoms with Crippen molar-refractivity contribution in [2.45, 2.75) is 34.1 Å². The summed E-state index contributed by atoms with van der Waals surface area (Å²) in [4.78, 5) is 28.1. The lowest BCUT2D eigenvalue weighted by Crippen LogP contribution is -2.41. The van der Waals surface area contributed by atoms with Gasteiger partial charge < -0.3 is 9.80 Å². The van der Waals surface area contributed by atoms with Crippen molar-refractivity contribution in [3.8, 4) is 5.69 Å². The Hall–Kier alpha value is -2.34. The summed E-state index contributed by atoms with van der Waals surface area (Å²) in [6.07, 6.45) is 0.216. The molecule has 0 saturated heterocycles. The van der Waals surface area contributed by atoms with Crippen LogP contribution in [0.4, 0.5) is 0 Å². The minimum absolute atomic E-state index is 0.0406. The zero-order chi connectivity index (χ0) is 20.1. The van der Waals surface area contributed by atoms with Crippen LogP contribution in [0, 0.1) is 13.8 Å². The molecule has 0 spiro atoms. The molecule has 1 aromatic heterocycles. The van der Waals surface area contributed by atoms with Crippen LogP contribution in [0.1, 0.15) is 30.8 Å². The van der Waals surface area contributed by atoms with Gasteiger partial charge in [-0.15, -0.1) is 0 Å². The zero-order valence-electron chi connectivity index (χ0n) is 16.6. The number of rotatable bonds is 7. The van der Waals surface area contributed by atoms with Crippen molar-refractivity contribution in [3.63, 3.8) is 0 Å². The topological polar surface area (TPSA) is 58.4 Å². The average molecular weight is 391 g/mol. The smallest absolute Gasteiger partial charge is 0.242 e. The second-order valence-electron chi connectivity index (χ2n) is 6.53. The van der Waals surface area contributed by atoms with E-state index in [0.29, 0.717) is 18.1 Å². The number of aromatic nitrogens is 2. The molecule has 0 unspecified atom stereocenters. The van der Waals surface area contributed by atoms with Crippen LogP contribution in [0.25, 0.3) is 5.69 Å².